The SMILES string of the molecule is OC[C@H]1CC[C@@H]1CO. The number of aliphatic hydroxyl groups excluding tert-OH is 2. The van der Waals surface area contributed by atoms with Gasteiger partial charge < -0.3 is 10.2 Å². The number of rotatable bonds is 2. The molecule has 0 aromatic heterocycles. The Labute approximate surface area is 49.1 Å². The van der Waals surface area contributed by atoms with E-state index in [1.54, 1.807) is 0 Å². The van der Waals surface area contributed by atoms with Crippen molar-refractivity contribution in [1.82, 2.24) is 0 Å². The Hall–Kier alpha value is -0.0800. The molecule has 8 heavy (non-hydrogen) atoms. The maximum Gasteiger partial charge on any atom is 0.0462 e. The van der Waals surface area contributed by atoms with Crippen LogP contribution < -0.4 is 0 Å². The van der Waals surface area contributed by atoms with E-state index in [1.807, 2.05) is 0 Å². The molecule has 48 valence electrons. The second-order valence-corrected chi connectivity index (χ2v) is 2.46. The molecule has 0 bridgehead atoms. The van der Waals surface area contributed by atoms with E-state index in [2.05, 4.69) is 0 Å². The quantitative estimate of drug-likeness (QED) is 0.533. The van der Waals surface area contributed by atoms with Gasteiger partial charge in [0.15, 0.2) is 0 Å². The average molecular weight is 116 g/mol. The summed E-state index contributed by atoms with van der Waals surface area (Å²) in [7, 11) is 0. The molecule has 2 nitrogen and oxygen atoms in total. The molecule has 2 atom stereocenters. The molecule has 0 saturated heterocycles. The molecule has 0 radical (unpaired) electrons. The Morgan fingerprint density at radius 1 is 1.00 bits per heavy atom. The molecule has 1 fully saturated rings. The fourth-order valence-corrected chi connectivity index (χ4v) is 1.12. The normalized spacial score (nSPS) is 36.8. The van der Waals surface area contributed by atoms with E-state index in [4.69, 9.17) is 10.2 Å². The summed E-state index contributed by atoms with van der Waals surface area (Å²) < 4.78 is 0. The van der Waals surface area contributed by atoms with Crippen LogP contribution in [-0.2, 0) is 0 Å². The summed E-state index contributed by atoms with van der Waals surface area (Å²) in [6, 6.07) is 0. The van der Waals surface area contributed by atoms with Crippen LogP contribution in [0, 0.1) is 11.8 Å². The Morgan fingerprint density at radius 2 is 1.38 bits per heavy atom. The first-order valence-electron chi connectivity index (χ1n) is 3.10. The lowest BCUT2D eigenvalue weighted by Gasteiger charge is -2.33. The van der Waals surface area contributed by atoms with Crippen molar-refractivity contribution in [3.05, 3.63) is 0 Å². The Morgan fingerprint density at radius 3 is 1.50 bits per heavy atom. The number of hydrogen-bond donors (Lipinski definition) is 2. The summed E-state index contributed by atoms with van der Waals surface area (Å²) in [5, 5.41) is 17.2. The van der Waals surface area contributed by atoms with Crippen molar-refractivity contribution in [3.63, 3.8) is 0 Å². The van der Waals surface area contributed by atoms with Gasteiger partial charge in [-0.3, -0.25) is 0 Å². The van der Waals surface area contributed by atoms with Gasteiger partial charge in [0.1, 0.15) is 0 Å². The molecule has 0 unspecified atom stereocenters. The van der Waals surface area contributed by atoms with Crippen LogP contribution in [0.15, 0.2) is 0 Å². The molecule has 1 saturated carbocycles. The molecule has 2 N–H and O–H groups in total. The molecule has 1 aliphatic carbocycles. The van der Waals surface area contributed by atoms with Gasteiger partial charge in [0.2, 0.25) is 0 Å². The van der Waals surface area contributed by atoms with Crippen LogP contribution in [0.25, 0.3) is 0 Å². The van der Waals surface area contributed by atoms with E-state index < -0.39 is 0 Å². The minimum atomic E-state index is 0.255. The molecular weight excluding hydrogens is 104 g/mol. The van der Waals surface area contributed by atoms with Crippen molar-refractivity contribution in [2.75, 3.05) is 13.2 Å². The highest BCUT2D eigenvalue weighted by Crippen LogP contribution is 2.32. The van der Waals surface area contributed by atoms with Gasteiger partial charge in [-0.1, -0.05) is 0 Å². The highest BCUT2D eigenvalue weighted by molar-refractivity contribution is 4.78. The van der Waals surface area contributed by atoms with Crippen molar-refractivity contribution in [1.29, 1.82) is 0 Å². The third-order valence-electron chi connectivity index (χ3n) is 2.04. The summed E-state index contributed by atoms with van der Waals surface area (Å²) in [4.78, 5) is 0. The summed E-state index contributed by atoms with van der Waals surface area (Å²) in [6.45, 7) is 0.510. The van der Waals surface area contributed by atoms with Gasteiger partial charge in [-0.15, -0.1) is 0 Å². The maximum absolute atomic E-state index is 8.58. The standard InChI is InChI=1S/C6H12O2/c7-3-5-1-2-6(5)4-8/h5-8H,1-4H2/t5-,6-/m1/s1. The highest BCUT2D eigenvalue weighted by Gasteiger charge is 2.28. The monoisotopic (exact) mass is 116 g/mol. The second kappa shape index (κ2) is 2.46. The minimum absolute atomic E-state index is 0.255. The molecule has 0 aromatic carbocycles. The van der Waals surface area contributed by atoms with Crippen molar-refractivity contribution >= 4 is 0 Å². The third-order valence-corrected chi connectivity index (χ3v) is 2.04. The summed E-state index contributed by atoms with van der Waals surface area (Å²) in [5.41, 5.74) is 0. The molecule has 0 spiro atoms. The molecular formula is C6H12O2. The summed E-state index contributed by atoms with van der Waals surface area (Å²) >= 11 is 0. The molecule has 0 aromatic rings. The van der Waals surface area contributed by atoms with Crippen molar-refractivity contribution in [2.24, 2.45) is 11.8 Å². The smallest absolute Gasteiger partial charge is 0.0462 e. The average Bonchev–Trinajstić information content (AvgIpc) is 1.66. The number of aliphatic hydroxyl groups is 2. The van der Waals surface area contributed by atoms with E-state index in [0.717, 1.165) is 12.8 Å². The van der Waals surface area contributed by atoms with Gasteiger partial charge in [-0.25, -0.2) is 0 Å². The fraction of sp³-hybridized carbons (Fsp3) is 1.00. The van der Waals surface area contributed by atoms with E-state index in [9.17, 15) is 0 Å². The van der Waals surface area contributed by atoms with Gasteiger partial charge in [0, 0.05) is 13.2 Å². The van der Waals surface area contributed by atoms with Crippen molar-refractivity contribution < 1.29 is 10.2 Å². The second-order valence-electron chi connectivity index (χ2n) is 2.46. The zero-order valence-electron chi connectivity index (χ0n) is 4.88. The summed E-state index contributed by atoms with van der Waals surface area (Å²) in [5.74, 6) is 0.806. The Balaban J connectivity index is 2.16. The lowest BCUT2D eigenvalue weighted by atomic mass is 9.75. The topological polar surface area (TPSA) is 40.5 Å². The lowest BCUT2D eigenvalue weighted by Crippen LogP contribution is -2.31. The Kier molecular flexibility index (Phi) is 1.86. The third kappa shape index (κ3) is 0.858. The first kappa shape index (κ1) is 6.05. The largest absolute Gasteiger partial charge is 0.396 e. The van der Waals surface area contributed by atoms with E-state index in [0.29, 0.717) is 11.8 Å². The van der Waals surface area contributed by atoms with E-state index in [-0.39, 0.29) is 13.2 Å². The zero-order chi connectivity index (χ0) is 5.98. The predicted molar refractivity (Wildman–Crippen MR) is 30.4 cm³/mol. The van der Waals surface area contributed by atoms with Crippen LogP contribution in [0.5, 0.6) is 0 Å². The van der Waals surface area contributed by atoms with Crippen LogP contribution in [0.4, 0.5) is 0 Å². The van der Waals surface area contributed by atoms with Crippen molar-refractivity contribution in [3.8, 4) is 0 Å². The first-order chi connectivity index (χ1) is 3.88. The van der Waals surface area contributed by atoms with Crippen LogP contribution in [0.1, 0.15) is 12.8 Å². The molecule has 0 heterocycles. The highest BCUT2D eigenvalue weighted by atomic mass is 16.3. The first-order valence-corrected chi connectivity index (χ1v) is 3.10. The zero-order valence-corrected chi connectivity index (χ0v) is 4.88. The van der Waals surface area contributed by atoms with Gasteiger partial charge in [-0.05, 0) is 24.7 Å². The molecule has 0 amide bonds. The Bertz CT molecular complexity index is 58.9. The lowest BCUT2D eigenvalue weighted by molar-refractivity contribution is 0.0459. The van der Waals surface area contributed by atoms with E-state index >= 15 is 0 Å². The van der Waals surface area contributed by atoms with Gasteiger partial charge in [0.25, 0.3) is 0 Å². The minimum Gasteiger partial charge on any atom is -0.396 e. The van der Waals surface area contributed by atoms with Crippen LogP contribution in [-0.4, -0.2) is 23.4 Å². The van der Waals surface area contributed by atoms with Crippen molar-refractivity contribution in [2.45, 2.75) is 12.8 Å². The van der Waals surface area contributed by atoms with Gasteiger partial charge >= 0.3 is 0 Å². The maximum atomic E-state index is 8.58. The predicted octanol–water partition coefficient (Wildman–Crippen LogP) is -0.00280. The summed E-state index contributed by atoms with van der Waals surface area (Å²) in [6.07, 6.45) is 2.20. The number of hydrogen-bond acceptors (Lipinski definition) is 2. The van der Waals surface area contributed by atoms with Crippen LogP contribution in [0.2, 0.25) is 0 Å². The van der Waals surface area contributed by atoms with Crippen LogP contribution >= 0.6 is 0 Å². The molecule has 2 heteroatoms. The molecule has 0 aliphatic heterocycles. The fourth-order valence-electron chi connectivity index (χ4n) is 1.12. The molecule has 1 aliphatic rings. The molecule has 1 rings (SSSR count). The van der Waals surface area contributed by atoms with Crippen LogP contribution in [0.3, 0.4) is 0 Å². The van der Waals surface area contributed by atoms with Gasteiger partial charge in [-0.2, -0.15) is 0 Å². The van der Waals surface area contributed by atoms with Gasteiger partial charge in [0.05, 0.1) is 0 Å². The van der Waals surface area contributed by atoms with E-state index in [1.165, 1.54) is 0 Å².